The number of rotatable bonds is 5. The Morgan fingerprint density at radius 2 is 2.24 bits per heavy atom. The summed E-state index contributed by atoms with van der Waals surface area (Å²) in [4.78, 5) is 0.120. The second kappa shape index (κ2) is 7.17. The molecule has 7 heteroatoms. The van der Waals surface area contributed by atoms with E-state index in [2.05, 4.69) is 21.2 Å². The van der Waals surface area contributed by atoms with Crippen LogP contribution in [0.3, 0.4) is 0 Å². The summed E-state index contributed by atoms with van der Waals surface area (Å²) in [7, 11) is -3.61. The first-order valence-corrected chi connectivity index (χ1v) is 9.34. The van der Waals surface area contributed by atoms with Crippen molar-refractivity contribution >= 4 is 26.0 Å². The number of halogens is 2. The molecule has 0 aromatic heterocycles. The quantitative estimate of drug-likeness (QED) is 0.856. The average Bonchev–Trinajstić information content (AvgIpc) is 2.45. The fraction of sp³-hybridized carbons (Fsp3) is 0.571. The molecule has 1 saturated heterocycles. The van der Waals surface area contributed by atoms with E-state index in [1.54, 1.807) is 0 Å². The van der Waals surface area contributed by atoms with Gasteiger partial charge in [0.15, 0.2) is 0 Å². The summed E-state index contributed by atoms with van der Waals surface area (Å²) in [5.74, 6) is -0.131. The van der Waals surface area contributed by atoms with Crippen LogP contribution in [-0.4, -0.2) is 38.9 Å². The second-order valence-corrected chi connectivity index (χ2v) is 8.00. The molecule has 1 aromatic carbocycles. The Morgan fingerprint density at radius 1 is 1.48 bits per heavy atom. The van der Waals surface area contributed by atoms with E-state index in [0.717, 1.165) is 25.9 Å². The summed E-state index contributed by atoms with van der Waals surface area (Å²) in [6, 6.07) is 3.67. The normalized spacial score (nSPS) is 19.9. The van der Waals surface area contributed by atoms with E-state index in [1.807, 2.05) is 6.92 Å². The minimum absolute atomic E-state index is 0.120. The van der Waals surface area contributed by atoms with Gasteiger partial charge in [-0.15, -0.1) is 0 Å². The van der Waals surface area contributed by atoms with Gasteiger partial charge in [-0.3, -0.25) is 0 Å². The van der Waals surface area contributed by atoms with E-state index in [-0.39, 0.29) is 9.37 Å². The minimum Gasteiger partial charge on any atom is -0.316 e. The van der Waals surface area contributed by atoms with Gasteiger partial charge in [-0.1, -0.05) is 6.92 Å². The van der Waals surface area contributed by atoms with E-state index < -0.39 is 15.8 Å². The van der Waals surface area contributed by atoms with E-state index in [1.165, 1.54) is 22.5 Å². The zero-order valence-electron chi connectivity index (χ0n) is 12.0. The van der Waals surface area contributed by atoms with Gasteiger partial charge >= 0.3 is 0 Å². The summed E-state index contributed by atoms with van der Waals surface area (Å²) in [5.41, 5.74) is 0. The largest absolute Gasteiger partial charge is 0.316 e. The predicted molar refractivity (Wildman–Crippen MR) is 84.1 cm³/mol. The van der Waals surface area contributed by atoms with Gasteiger partial charge in [0.05, 0.1) is 4.90 Å². The van der Waals surface area contributed by atoms with Crippen molar-refractivity contribution in [2.75, 3.05) is 26.2 Å². The molecule has 0 saturated carbocycles. The molecule has 1 aromatic rings. The third-order valence-electron chi connectivity index (χ3n) is 3.73. The molecule has 1 aliphatic heterocycles. The molecule has 1 N–H and O–H groups in total. The molecule has 21 heavy (non-hydrogen) atoms. The molecule has 0 spiro atoms. The first-order valence-electron chi connectivity index (χ1n) is 7.11. The summed E-state index contributed by atoms with van der Waals surface area (Å²) in [6.07, 6.45) is 2.10. The lowest BCUT2D eigenvalue weighted by Gasteiger charge is -2.29. The Bertz CT molecular complexity index is 589. The standard InChI is InChI=1S/C14H20BrFN2O2S/c1-2-18(10-11-4-3-7-17-9-11)21(19,20)14-6-5-12(16)8-13(14)15/h5-6,8,11,17H,2-4,7,9-10H2,1H3. The molecule has 118 valence electrons. The van der Waals surface area contributed by atoms with Crippen LogP contribution < -0.4 is 5.32 Å². The highest BCUT2D eigenvalue weighted by Gasteiger charge is 2.28. The van der Waals surface area contributed by atoms with Gasteiger partial charge < -0.3 is 5.32 Å². The number of nitrogens with one attached hydrogen (secondary N) is 1. The minimum atomic E-state index is -3.61. The van der Waals surface area contributed by atoms with Crippen molar-refractivity contribution in [3.8, 4) is 0 Å². The van der Waals surface area contributed by atoms with Crippen molar-refractivity contribution in [1.29, 1.82) is 0 Å². The van der Waals surface area contributed by atoms with Crippen LogP contribution in [0, 0.1) is 11.7 Å². The highest BCUT2D eigenvalue weighted by atomic mass is 79.9. The maximum absolute atomic E-state index is 13.1. The summed E-state index contributed by atoms with van der Waals surface area (Å²) < 4.78 is 40.3. The van der Waals surface area contributed by atoms with Gasteiger partial charge in [-0.25, -0.2) is 12.8 Å². The van der Waals surface area contributed by atoms with Crippen molar-refractivity contribution in [2.45, 2.75) is 24.7 Å². The summed E-state index contributed by atoms with van der Waals surface area (Å²) in [6.45, 7) is 4.57. The van der Waals surface area contributed by atoms with Crippen molar-refractivity contribution in [3.63, 3.8) is 0 Å². The Hall–Kier alpha value is -0.500. The van der Waals surface area contributed by atoms with Crippen LogP contribution in [0.2, 0.25) is 0 Å². The third-order valence-corrected chi connectivity index (χ3v) is 6.64. The fourth-order valence-corrected chi connectivity index (χ4v) is 5.12. The van der Waals surface area contributed by atoms with E-state index in [0.29, 0.717) is 19.0 Å². The molecule has 0 radical (unpaired) electrons. The van der Waals surface area contributed by atoms with Gasteiger partial charge in [0.1, 0.15) is 5.82 Å². The van der Waals surface area contributed by atoms with Crippen molar-refractivity contribution < 1.29 is 12.8 Å². The molecule has 4 nitrogen and oxygen atoms in total. The molecule has 1 aliphatic rings. The Balaban J connectivity index is 2.22. The molecular weight excluding hydrogens is 359 g/mol. The van der Waals surface area contributed by atoms with Gasteiger partial charge in [-0.05, 0) is 66.0 Å². The molecule has 1 fully saturated rings. The second-order valence-electron chi connectivity index (χ2n) is 5.24. The highest BCUT2D eigenvalue weighted by Crippen LogP contribution is 2.27. The van der Waals surface area contributed by atoms with Gasteiger partial charge in [-0.2, -0.15) is 4.31 Å². The Morgan fingerprint density at radius 3 is 2.81 bits per heavy atom. The predicted octanol–water partition coefficient (Wildman–Crippen LogP) is 2.60. The van der Waals surface area contributed by atoms with Crippen molar-refractivity contribution in [2.24, 2.45) is 5.92 Å². The number of hydrogen-bond acceptors (Lipinski definition) is 3. The van der Waals surface area contributed by atoms with E-state index in [9.17, 15) is 12.8 Å². The molecule has 1 heterocycles. The zero-order valence-corrected chi connectivity index (χ0v) is 14.4. The summed E-state index contributed by atoms with van der Waals surface area (Å²) >= 11 is 3.15. The van der Waals surface area contributed by atoms with E-state index in [4.69, 9.17) is 0 Å². The number of nitrogens with zero attached hydrogens (tertiary/aromatic N) is 1. The van der Waals surface area contributed by atoms with Crippen LogP contribution in [0.4, 0.5) is 4.39 Å². The highest BCUT2D eigenvalue weighted by molar-refractivity contribution is 9.10. The smallest absolute Gasteiger partial charge is 0.244 e. The topological polar surface area (TPSA) is 49.4 Å². The molecule has 0 bridgehead atoms. The molecule has 1 atom stereocenters. The van der Waals surface area contributed by atoms with Crippen LogP contribution in [0.5, 0.6) is 0 Å². The van der Waals surface area contributed by atoms with Crippen LogP contribution in [0.15, 0.2) is 27.6 Å². The maximum Gasteiger partial charge on any atom is 0.244 e. The number of piperidine rings is 1. The first-order chi connectivity index (χ1) is 9.95. The zero-order chi connectivity index (χ0) is 15.5. The lowest BCUT2D eigenvalue weighted by molar-refractivity contribution is 0.297. The molecule has 0 aliphatic carbocycles. The lowest BCUT2D eigenvalue weighted by Crippen LogP contribution is -2.41. The van der Waals surface area contributed by atoms with Gasteiger partial charge in [0.25, 0.3) is 0 Å². The average molecular weight is 379 g/mol. The van der Waals surface area contributed by atoms with E-state index >= 15 is 0 Å². The number of benzene rings is 1. The van der Waals surface area contributed by atoms with Crippen LogP contribution in [-0.2, 0) is 10.0 Å². The molecule has 2 rings (SSSR count). The first kappa shape index (κ1) is 16.9. The monoisotopic (exact) mass is 378 g/mol. The summed E-state index contributed by atoms with van der Waals surface area (Å²) in [5, 5.41) is 3.29. The van der Waals surface area contributed by atoms with Crippen LogP contribution >= 0.6 is 15.9 Å². The maximum atomic E-state index is 13.1. The third kappa shape index (κ3) is 4.03. The van der Waals surface area contributed by atoms with Crippen molar-refractivity contribution in [1.82, 2.24) is 9.62 Å². The van der Waals surface area contributed by atoms with Crippen LogP contribution in [0.1, 0.15) is 19.8 Å². The van der Waals surface area contributed by atoms with Crippen LogP contribution in [0.25, 0.3) is 0 Å². The molecule has 1 unspecified atom stereocenters. The number of hydrogen-bond donors (Lipinski definition) is 1. The van der Waals surface area contributed by atoms with Crippen molar-refractivity contribution in [3.05, 3.63) is 28.5 Å². The SMILES string of the molecule is CCN(CC1CCCNC1)S(=O)(=O)c1ccc(F)cc1Br. The lowest BCUT2D eigenvalue weighted by atomic mass is 10.00. The Labute approximate surface area is 133 Å². The number of sulfonamides is 1. The Kier molecular flexibility index (Phi) is 5.76. The fourth-order valence-electron chi connectivity index (χ4n) is 2.59. The van der Waals surface area contributed by atoms with Gasteiger partial charge in [0, 0.05) is 17.6 Å². The van der Waals surface area contributed by atoms with Gasteiger partial charge in [0.2, 0.25) is 10.0 Å². The molecular formula is C14H20BrFN2O2S. The molecule has 0 amide bonds.